The van der Waals surface area contributed by atoms with E-state index in [2.05, 4.69) is 15.3 Å². The number of nitrogens with zero attached hydrogens (tertiary/aromatic N) is 2. The molecule has 0 spiro atoms. The van der Waals surface area contributed by atoms with E-state index in [1.807, 2.05) is 32.6 Å². The number of aromatic amines is 1. The Morgan fingerprint density at radius 2 is 1.96 bits per heavy atom. The Balaban J connectivity index is 2.02. The van der Waals surface area contributed by atoms with Crippen molar-refractivity contribution < 1.29 is 14.7 Å². The zero-order valence-electron chi connectivity index (χ0n) is 16.0. The molecule has 1 fully saturated rings. The number of carbonyl (C=O) groups excluding carboxylic acids is 1. The van der Waals surface area contributed by atoms with E-state index >= 15 is 0 Å². The van der Waals surface area contributed by atoms with Crippen molar-refractivity contribution in [3.8, 4) is 0 Å². The fraction of sp³-hybridized carbons (Fsp3) is 0.667. The first-order valence-corrected chi connectivity index (χ1v) is 8.91. The largest absolute Gasteiger partial charge is 0.480 e. The van der Waals surface area contributed by atoms with Gasteiger partial charge in [0.1, 0.15) is 11.4 Å². The van der Waals surface area contributed by atoms with E-state index in [1.54, 1.807) is 6.92 Å². The Labute approximate surface area is 153 Å². The molecule has 0 radical (unpaired) electrons. The molecule has 1 amide bonds. The van der Waals surface area contributed by atoms with Gasteiger partial charge in [-0.25, -0.2) is 4.98 Å². The van der Waals surface area contributed by atoms with Crippen LogP contribution in [0.5, 0.6) is 0 Å². The second-order valence-electron chi connectivity index (χ2n) is 7.88. The lowest BCUT2D eigenvalue weighted by molar-refractivity contribution is -0.139. The second-order valence-corrected chi connectivity index (χ2v) is 7.88. The van der Waals surface area contributed by atoms with Crippen molar-refractivity contribution in [3.63, 3.8) is 0 Å². The van der Waals surface area contributed by atoms with E-state index in [0.29, 0.717) is 30.9 Å². The summed E-state index contributed by atoms with van der Waals surface area (Å²) >= 11 is 0. The molecule has 144 valence electrons. The van der Waals surface area contributed by atoms with Crippen LogP contribution in [0.2, 0.25) is 0 Å². The topological polar surface area (TPSA) is 115 Å². The van der Waals surface area contributed by atoms with Crippen molar-refractivity contribution in [2.45, 2.75) is 65.0 Å². The molecule has 0 atom stereocenters. The third-order valence-corrected chi connectivity index (χ3v) is 4.75. The average molecular weight is 364 g/mol. The highest BCUT2D eigenvalue weighted by Crippen LogP contribution is 2.26. The van der Waals surface area contributed by atoms with Gasteiger partial charge in [0.25, 0.3) is 11.5 Å². The summed E-state index contributed by atoms with van der Waals surface area (Å²) in [4.78, 5) is 44.7. The van der Waals surface area contributed by atoms with E-state index in [-0.39, 0.29) is 29.6 Å². The number of nitrogens with one attached hydrogen (secondary N) is 2. The standard InChI is InChI=1S/C18H28N4O4/c1-6-22(9-13(23)24)12-7-11(8-12)20-15(25)14-10(2)19-17(18(3,4)5)21-16(14)26/h11-12H,6-9H2,1-5H3,(H,20,25)(H,23,24)(H,19,21,26). The van der Waals surface area contributed by atoms with Crippen molar-refractivity contribution in [2.75, 3.05) is 13.1 Å². The molecule has 0 bridgehead atoms. The van der Waals surface area contributed by atoms with Gasteiger partial charge in [-0.3, -0.25) is 19.3 Å². The number of aromatic nitrogens is 2. The van der Waals surface area contributed by atoms with Crippen LogP contribution < -0.4 is 10.9 Å². The molecule has 1 aliphatic rings. The first-order chi connectivity index (χ1) is 12.0. The average Bonchev–Trinajstić information content (AvgIpc) is 2.46. The van der Waals surface area contributed by atoms with Gasteiger partial charge in [0.2, 0.25) is 0 Å². The lowest BCUT2D eigenvalue weighted by Crippen LogP contribution is -2.55. The van der Waals surface area contributed by atoms with E-state index < -0.39 is 17.4 Å². The maximum atomic E-state index is 12.5. The van der Waals surface area contributed by atoms with Crippen LogP contribution in [0.3, 0.4) is 0 Å². The first-order valence-electron chi connectivity index (χ1n) is 8.91. The quantitative estimate of drug-likeness (QED) is 0.695. The molecule has 3 N–H and O–H groups in total. The number of hydrogen-bond donors (Lipinski definition) is 3. The fourth-order valence-electron chi connectivity index (χ4n) is 3.14. The van der Waals surface area contributed by atoms with Gasteiger partial charge in [0.15, 0.2) is 0 Å². The zero-order valence-corrected chi connectivity index (χ0v) is 16.0. The van der Waals surface area contributed by atoms with Crippen LogP contribution in [0.4, 0.5) is 0 Å². The van der Waals surface area contributed by atoms with E-state index in [0.717, 1.165) is 0 Å². The molecule has 1 aromatic rings. The van der Waals surface area contributed by atoms with Crippen LogP contribution in [0.15, 0.2) is 4.79 Å². The SMILES string of the molecule is CCN(CC(=O)O)C1CC(NC(=O)c2c(C)nc(C(C)(C)C)[nH]c2=O)C1. The molecular formula is C18H28N4O4. The van der Waals surface area contributed by atoms with Crippen molar-refractivity contribution in [1.29, 1.82) is 0 Å². The van der Waals surface area contributed by atoms with Gasteiger partial charge in [-0.2, -0.15) is 0 Å². The highest BCUT2D eigenvalue weighted by molar-refractivity contribution is 5.95. The molecule has 0 aliphatic heterocycles. The first kappa shape index (κ1) is 20.1. The highest BCUT2D eigenvalue weighted by atomic mass is 16.4. The van der Waals surface area contributed by atoms with Crippen LogP contribution in [-0.4, -0.2) is 57.0 Å². The summed E-state index contributed by atoms with van der Waals surface area (Å²) < 4.78 is 0. The molecule has 1 aromatic heterocycles. The number of H-pyrrole nitrogens is 1. The van der Waals surface area contributed by atoms with Gasteiger partial charge in [0, 0.05) is 17.5 Å². The normalized spacial score (nSPS) is 19.9. The minimum absolute atomic E-state index is 0.00120. The molecule has 0 saturated heterocycles. The number of carbonyl (C=O) groups is 2. The summed E-state index contributed by atoms with van der Waals surface area (Å²) in [6.45, 7) is 10.0. The highest BCUT2D eigenvalue weighted by Gasteiger charge is 2.35. The molecule has 1 heterocycles. The predicted octanol–water partition coefficient (Wildman–Crippen LogP) is 1.04. The molecule has 26 heavy (non-hydrogen) atoms. The Kier molecular flexibility index (Phi) is 5.85. The lowest BCUT2D eigenvalue weighted by atomic mass is 9.85. The minimum atomic E-state index is -0.855. The molecule has 2 rings (SSSR count). The van der Waals surface area contributed by atoms with Crippen molar-refractivity contribution in [3.05, 3.63) is 27.4 Å². The molecular weight excluding hydrogens is 336 g/mol. The van der Waals surface area contributed by atoms with Crippen LogP contribution in [0.25, 0.3) is 0 Å². The summed E-state index contributed by atoms with van der Waals surface area (Å²) in [6.07, 6.45) is 1.36. The Hall–Kier alpha value is -2.22. The number of aliphatic carboxylic acids is 1. The van der Waals surface area contributed by atoms with Crippen molar-refractivity contribution in [2.24, 2.45) is 0 Å². The van der Waals surface area contributed by atoms with E-state index in [9.17, 15) is 14.4 Å². The maximum absolute atomic E-state index is 12.5. The Morgan fingerprint density at radius 1 is 1.35 bits per heavy atom. The fourth-order valence-corrected chi connectivity index (χ4v) is 3.14. The molecule has 1 saturated carbocycles. The number of rotatable bonds is 6. The van der Waals surface area contributed by atoms with Gasteiger partial charge in [0.05, 0.1) is 12.2 Å². The number of carboxylic acid groups (broad SMARTS) is 1. The number of aryl methyl sites for hydroxylation is 1. The molecule has 0 aromatic carbocycles. The van der Waals surface area contributed by atoms with E-state index in [4.69, 9.17) is 5.11 Å². The molecule has 1 aliphatic carbocycles. The van der Waals surface area contributed by atoms with Gasteiger partial charge in [-0.1, -0.05) is 27.7 Å². The van der Waals surface area contributed by atoms with Gasteiger partial charge in [-0.15, -0.1) is 0 Å². The smallest absolute Gasteiger partial charge is 0.317 e. The predicted molar refractivity (Wildman–Crippen MR) is 97.5 cm³/mol. The van der Waals surface area contributed by atoms with Crippen molar-refractivity contribution >= 4 is 11.9 Å². The summed E-state index contributed by atoms with van der Waals surface area (Å²) in [7, 11) is 0. The number of carboxylic acids is 1. The van der Waals surface area contributed by atoms with Crippen LogP contribution in [0, 0.1) is 6.92 Å². The molecule has 8 heteroatoms. The summed E-state index contributed by atoms with van der Waals surface area (Å²) in [6, 6.07) is 0.0820. The maximum Gasteiger partial charge on any atom is 0.317 e. The monoisotopic (exact) mass is 364 g/mol. The number of amides is 1. The molecule has 8 nitrogen and oxygen atoms in total. The lowest BCUT2D eigenvalue weighted by Gasteiger charge is -2.42. The summed E-state index contributed by atoms with van der Waals surface area (Å²) in [5.74, 6) is -0.736. The third-order valence-electron chi connectivity index (χ3n) is 4.75. The minimum Gasteiger partial charge on any atom is -0.480 e. The zero-order chi connectivity index (χ0) is 19.6. The summed E-state index contributed by atoms with van der Waals surface area (Å²) in [5.41, 5.74) is -0.294. The van der Waals surface area contributed by atoms with Crippen molar-refractivity contribution in [1.82, 2.24) is 20.2 Å². The van der Waals surface area contributed by atoms with E-state index in [1.165, 1.54) is 0 Å². The van der Waals surface area contributed by atoms with Gasteiger partial charge in [-0.05, 0) is 26.3 Å². The second kappa shape index (κ2) is 7.57. The van der Waals surface area contributed by atoms with Crippen LogP contribution in [0.1, 0.15) is 62.4 Å². The third kappa shape index (κ3) is 4.49. The number of hydrogen-bond acceptors (Lipinski definition) is 5. The summed E-state index contributed by atoms with van der Waals surface area (Å²) in [5, 5.41) is 11.8. The molecule has 0 unspecified atom stereocenters. The number of likely N-dealkylation sites (N-methyl/N-ethyl adjacent to an activating group) is 1. The van der Waals surface area contributed by atoms with Crippen LogP contribution in [-0.2, 0) is 10.2 Å². The Morgan fingerprint density at radius 3 is 2.42 bits per heavy atom. The van der Waals surface area contributed by atoms with Gasteiger partial charge >= 0.3 is 5.97 Å². The van der Waals surface area contributed by atoms with Crippen LogP contribution >= 0.6 is 0 Å². The Bertz CT molecular complexity index is 745. The van der Waals surface area contributed by atoms with Gasteiger partial charge < -0.3 is 15.4 Å².